The lowest BCUT2D eigenvalue weighted by atomic mass is 10.0. The van der Waals surface area contributed by atoms with Crippen LogP contribution in [0.15, 0.2) is 11.4 Å². The second kappa shape index (κ2) is 5.43. The Kier molecular flexibility index (Phi) is 4.10. The van der Waals surface area contributed by atoms with Gasteiger partial charge in [-0.05, 0) is 44.3 Å². The Labute approximate surface area is 117 Å². The summed E-state index contributed by atoms with van der Waals surface area (Å²) >= 11 is 7.91. The third-order valence-corrected chi connectivity index (χ3v) is 4.85. The van der Waals surface area contributed by atoms with Gasteiger partial charge in [-0.1, -0.05) is 11.6 Å². The Hall–Kier alpha value is -0.840. The molecule has 0 spiro atoms. The lowest BCUT2D eigenvalue weighted by molar-refractivity contribution is 0.598. The van der Waals surface area contributed by atoms with Crippen molar-refractivity contribution < 1.29 is 0 Å². The van der Waals surface area contributed by atoms with Crippen molar-refractivity contribution in [2.24, 2.45) is 7.05 Å². The van der Waals surface area contributed by atoms with Crippen molar-refractivity contribution in [3.8, 4) is 0 Å². The standard InChI is InChI=1S/C13H18ClN3S/c1-8-10(9(2)17(4)16-8)7-12(15-3)13-11(14)5-6-18-13/h5-6,12,15H,7H2,1-4H3. The molecule has 98 valence electrons. The fourth-order valence-electron chi connectivity index (χ4n) is 2.20. The van der Waals surface area contributed by atoms with E-state index in [2.05, 4.69) is 24.3 Å². The quantitative estimate of drug-likeness (QED) is 0.933. The second-order valence-electron chi connectivity index (χ2n) is 4.45. The Morgan fingerprint density at radius 3 is 2.67 bits per heavy atom. The van der Waals surface area contributed by atoms with Gasteiger partial charge in [-0.15, -0.1) is 11.3 Å². The normalized spacial score (nSPS) is 12.9. The number of nitrogens with zero attached hydrogens (tertiary/aromatic N) is 2. The van der Waals surface area contributed by atoms with Crippen LogP contribution in [0, 0.1) is 13.8 Å². The minimum Gasteiger partial charge on any atom is -0.312 e. The average Bonchev–Trinajstić information content (AvgIpc) is 2.84. The van der Waals surface area contributed by atoms with E-state index < -0.39 is 0 Å². The van der Waals surface area contributed by atoms with Crippen LogP contribution in [0.2, 0.25) is 5.02 Å². The lowest BCUT2D eigenvalue weighted by Gasteiger charge is -2.15. The van der Waals surface area contributed by atoms with Crippen LogP contribution in [0.1, 0.15) is 27.9 Å². The summed E-state index contributed by atoms with van der Waals surface area (Å²) in [4.78, 5) is 1.20. The Morgan fingerprint density at radius 1 is 1.50 bits per heavy atom. The molecular formula is C13H18ClN3S. The van der Waals surface area contributed by atoms with Gasteiger partial charge in [0.15, 0.2) is 0 Å². The van der Waals surface area contributed by atoms with Crippen LogP contribution >= 0.6 is 22.9 Å². The number of thiophene rings is 1. The van der Waals surface area contributed by atoms with Gasteiger partial charge in [-0.25, -0.2) is 0 Å². The highest BCUT2D eigenvalue weighted by molar-refractivity contribution is 7.10. The number of halogens is 1. The minimum atomic E-state index is 0.249. The highest BCUT2D eigenvalue weighted by Crippen LogP contribution is 2.31. The summed E-state index contributed by atoms with van der Waals surface area (Å²) in [5.74, 6) is 0. The molecule has 0 saturated heterocycles. The van der Waals surface area contributed by atoms with E-state index in [1.165, 1.54) is 16.1 Å². The van der Waals surface area contributed by atoms with Gasteiger partial charge in [0, 0.05) is 23.7 Å². The number of hydrogen-bond acceptors (Lipinski definition) is 3. The van der Waals surface area contributed by atoms with E-state index >= 15 is 0 Å². The van der Waals surface area contributed by atoms with Crippen molar-refractivity contribution in [1.29, 1.82) is 0 Å². The number of aromatic nitrogens is 2. The highest BCUT2D eigenvalue weighted by Gasteiger charge is 2.19. The van der Waals surface area contributed by atoms with E-state index in [0.29, 0.717) is 0 Å². The molecule has 2 aromatic heterocycles. The fourth-order valence-corrected chi connectivity index (χ4v) is 3.50. The van der Waals surface area contributed by atoms with Gasteiger partial charge in [0.05, 0.1) is 10.7 Å². The zero-order valence-corrected chi connectivity index (χ0v) is 12.7. The van der Waals surface area contributed by atoms with Crippen LogP contribution in [0.4, 0.5) is 0 Å². The van der Waals surface area contributed by atoms with Crippen molar-refractivity contribution in [3.63, 3.8) is 0 Å². The molecular weight excluding hydrogens is 266 g/mol. The largest absolute Gasteiger partial charge is 0.312 e. The SMILES string of the molecule is CNC(Cc1c(C)nn(C)c1C)c1sccc1Cl. The second-order valence-corrected chi connectivity index (χ2v) is 5.81. The van der Waals surface area contributed by atoms with E-state index in [1.807, 2.05) is 30.2 Å². The van der Waals surface area contributed by atoms with Crippen LogP contribution in [-0.4, -0.2) is 16.8 Å². The predicted octanol–water partition coefficient (Wildman–Crippen LogP) is 3.26. The van der Waals surface area contributed by atoms with E-state index in [-0.39, 0.29) is 6.04 Å². The predicted molar refractivity (Wildman–Crippen MR) is 77.5 cm³/mol. The molecule has 2 heterocycles. The Balaban J connectivity index is 2.29. The molecule has 0 radical (unpaired) electrons. The summed E-state index contributed by atoms with van der Waals surface area (Å²) in [6.07, 6.45) is 0.919. The van der Waals surface area contributed by atoms with Crippen LogP contribution in [0.5, 0.6) is 0 Å². The first kappa shape index (κ1) is 13.6. The van der Waals surface area contributed by atoms with Crippen molar-refractivity contribution in [1.82, 2.24) is 15.1 Å². The van der Waals surface area contributed by atoms with Gasteiger partial charge in [-0.3, -0.25) is 4.68 Å². The van der Waals surface area contributed by atoms with Crippen molar-refractivity contribution in [2.75, 3.05) is 7.05 Å². The van der Waals surface area contributed by atoms with Gasteiger partial charge in [0.25, 0.3) is 0 Å². The third-order valence-electron chi connectivity index (χ3n) is 3.38. The van der Waals surface area contributed by atoms with Gasteiger partial charge in [-0.2, -0.15) is 5.10 Å². The van der Waals surface area contributed by atoms with E-state index in [1.54, 1.807) is 11.3 Å². The maximum Gasteiger partial charge on any atom is 0.0629 e. The van der Waals surface area contributed by atoms with Crippen LogP contribution in [0.3, 0.4) is 0 Å². The van der Waals surface area contributed by atoms with Crippen LogP contribution in [-0.2, 0) is 13.5 Å². The molecule has 2 rings (SSSR count). The Morgan fingerprint density at radius 2 is 2.22 bits per heavy atom. The monoisotopic (exact) mass is 283 g/mol. The smallest absolute Gasteiger partial charge is 0.0629 e. The molecule has 0 aromatic carbocycles. The first-order chi connectivity index (χ1) is 8.54. The van der Waals surface area contributed by atoms with Crippen LogP contribution in [0.25, 0.3) is 0 Å². The molecule has 0 saturated carbocycles. The summed E-state index contributed by atoms with van der Waals surface area (Å²) in [5.41, 5.74) is 3.63. The summed E-state index contributed by atoms with van der Waals surface area (Å²) in [7, 11) is 3.96. The van der Waals surface area contributed by atoms with Crippen molar-refractivity contribution >= 4 is 22.9 Å². The van der Waals surface area contributed by atoms with Gasteiger partial charge >= 0.3 is 0 Å². The topological polar surface area (TPSA) is 29.9 Å². The number of likely N-dealkylation sites (N-methyl/N-ethyl adjacent to an activating group) is 1. The average molecular weight is 284 g/mol. The number of hydrogen-bond donors (Lipinski definition) is 1. The first-order valence-electron chi connectivity index (χ1n) is 5.93. The van der Waals surface area contributed by atoms with Gasteiger partial charge < -0.3 is 5.32 Å². The summed E-state index contributed by atoms with van der Waals surface area (Å²) < 4.78 is 1.94. The molecule has 1 unspecified atom stereocenters. The number of nitrogens with one attached hydrogen (secondary N) is 1. The molecule has 0 aliphatic carbocycles. The number of rotatable bonds is 4. The molecule has 0 aliphatic rings. The lowest BCUT2D eigenvalue weighted by Crippen LogP contribution is -2.18. The molecule has 0 bridgehead atoms. The molecule has 5 heteroatoms. The van der Waals surface area contributed by atoms with E-state index in [4.69, 9.17) is 11.6 Å². The molecule has 0 aliphatic heterocycles. The minimum absolute atomic E-state index is 0.249. The molecule has 2 aromatic rings. The summed E-state index contributed by atoms with van der Waals surface area (Å²) in [6.45, 7) is 4.17. The van der Waals surface area contributed by atoms with Gasteiger partial charge in [0.2, 0.25) is 0 Å². The first-order valence-corrected chi connectivity index (χ1v) is 7.19. The zero-order valence-electron chi connectivity index (χ0n) is 11.1. The van der Waals surface area contributed by atoms with Crippen LogP contribution < -0.4 is 5.32 Å². The maximum absolute atomic E-state index is 6.21. The fraction of sp³-hybridized carbons (Fsp3) is 0.462. The molecule has 1 N–H and O–H groups in total. The number of aryl methyl sites for hydroxylation is 2. The van der Waals surface area contributed by atoms with E-state index in [0.717, 1.165) is 17.1 Å². The summed E-state index contributed by atoms with van der Waals surface area (Å²) in [5, 5.41) is 10.7. The molecule has 18 heavy (non-hydrogen) atoms. The van der Waals surface area contributed by atoms with Crippen molar-refractivity contribution in [2.45, 2.75) is 26.3 Å². The summed E-state index contributed by atoms with van der Waals surface area (Å²) in [6, 6.07) is 2.20. The zero-order chi connectivity index (χ0) is 13.3. The van der Waals surface area contributed by atoms with Gasteiger partial charge in [0.1, 0.15) is 0 Å². The molecule has 1 atom stereocenters. The van der Waals surface area contributed by atoms with Crippen molar-refractivity contribution in [3.05, 3.63) is 38.3 Å². The molecule has 3 nitrogen and oxygen atoms in total. The molecule has 0 fully saturated rings. The third kappa shape index (κ3) is 2.46. The molecule has 0 amide bonds. The Bertz CT molecular complexity index is 544. The maximum atomic E-state index is 6.21. The van der Waals surface area contributed by atoms with E-state index in [9.17, 15) is 0 Å². The highest BCUT2D eigenvalue weighted by atomic mass is 35.5.